The molecule has 0 saturated carbocycles. The van der Waals surface area contributed by atoms with Gasteiger partial charge in [-0.05, 0) is 43.9 Å². The fraction of sp³-hybridized carbons (Fsp3) is 0.529. The average Bonchev–Trinajstić information content (AvgIpc) is 2.51. The number of benzene rings is 1. The van der Waals surface area contributed by atoms with Gasteiger partial charge in [0.1, 0.15) is 5.41 Å². The number of hydrogen-bond donors (Lipinski definition) is 3. The van der Waals surface area contributed by atoms with Crippen LogP contribution in [-0.4, -0.2) is 33.3 Å². The van der Waals surface area contributed by atoms with E-state index in [1.165, 1.54) is 12.1 Å². The molecule has 0 aliphatic heterocycles. The summed E-state index contributed by atoms with van der Waals surface area (Å²) in [6, 6.07) is 6.14. The molecule has 0 heterocycles. The van der Waals surface area contributed by atoms with E-state index in [-0.39, 0.29) is 16.7 Å². The third-order valence-corrected chi connectivity index (χ3v) is 4.69. The molecule has 7 nitrogen and oxygen atoms in total. The SMILES string of the molecule is CC(C)CNC(=O)C(C)(C)C(=O)NCCc1ccc(S(N)(=O)=O)cc1. The molecule has 2 amide bonds. The molecule has 0 aromatic heterocycles. The van der Waals surface area contributed by atoms with Crippen molar-refractivity contribution >= 4 is 21.8 Å². The topological polar surface area (TPSA) is 118 Å². The molecular weight excluding hydrogens is 342 g/mol. The molecule has 140 valence electrons. The largest absolute Gasteiger partial charge is 0.355 e. The van der Waals surface area contributed by atoms with E-state index in [0.29, 0.717) is 25.4 Å². The van der Waals surface area contributed by atoms with Crippen molar-refractivity contribution in [1.82, 2.24) is 10.6 Å². The van der Waals surface area contributed by atoms with Crippen molar-refractivity contribution in [1.29, 1.82) is 0 Å². The predicted octanol–water partition coefficient (Wildman–Crippen LogP) is 0.791. The Balaban J connectivity index is 2.54. The van der Waals surface area contributed by atoms with Gasteiger partial charge >= 0.3 is 0 Å². The molecule has 0 bridgehead atoms. The number of carbonyl (C=O) groups is 2. The van der Waals surface area contributed by atoms with Crippen LogP contribution in [-0.2, 0) is 26.0 Å². The maximum absolute atomic E-state index is 12.3. The summed E-state index contributed by atoms with van der Waals surface area (Å²) in [7, 11) is -3.71. The van der Waals surface area contributed by atoms with Gasteiger partial charge in [0.2, 0.25) is 21.8 Å². The second-order valence-corrected chi connectivity index (χ2v) is 8.49. The van der Waals surface area contributed by atoms with Gasteiger partial charge in [-0.1, -0.05) is 26.0 Å². The molecule has 0 saturated heterocycles. The van der Waals surface area contributed by atoms with Gasteiger partial charge in [0.05, 0.1) is 4.90 Å². The third kappa shape index (κ3) is 6.47. The summed E-state index contributed by atoms with van der Waals surface area (Å²) in [4.78, 5) is 24.4. The van der Waals surface area contributed by atoms with Crippen LogP contribution < -0.4 is 15.8 Å². The third-order valence-electron chi connectivity index (χ3n) is 3.76. The van der Waals surface area contributed by atoms with E-state index in [0.717, 1.165) is 5.56 Å². The zero-order valence-corrected chi connectivity index (χ0v) is 15.9. The van der Waals surface area contributed by atoms with Gasteiger partial charge < -0.3 is 10.6 Å². The van der Waals surface area contributed by atoms with Crippen LogP contribution in [0.2, 0.25) is 0 Å². The second-order valence-electron chi connectivity index (χ2n) is 6.92. The van der Waals surface area contributed by atoms with Gasteiger partial charge in [-0.3, -0.25) is 9.59 Å². The van der Waals surface area contributed by atoms with E-state index in [4.69, 9.17) is 5.14 Å². The van der Waals surface area contributed by atoms with Gasteiger partial charge in [-0.2, -0.15) is 0 Å². The minimum absolute atomic E-state index is 0.0447. The number of carbonyl (C=O) groups excluding carboxylic acids is 2. The van der Waals surface area contributed by atoms with Crippen LogP contribution in [0.5, 0.6) is 0 Å². The Bertz CT molecular complexity index is 710. The zero-order valence-electron chi connectivity index (χ0n) is 15.1. The van der Waals surface area contributed by atoms with Crippen molar-refractivity contribution in [3.8, 4) is 0 Å². The summed E-state index contributed by atoms with van der Waals surface area (Å²) in [5.41, 5.74) is -0.304. The monoisotopic (exact) mass is 369 g/mol. The van der Waals surface area contributed by atoms with E-state index < -0.39 is 15.4 Å². The fourth-order valence-electron chi connectivity index (χ4n) is 2.01. The smallest absolute Gasteiger partial charge is 0.238 e. The first kappa shape index (κ1) is 21.1. The number of nitrogens with two attached hydrogens (primary N) is 1. The van der Waals surface area contributed by atoms with Crippen LogP contribution in [0.25, 0.3) is 0 Å². The Morgan fingerprint density at radius 3 is 2.08 bits per heavy atom. The van der Waals surface area contributed by atoms with E-state index in [2.05, 4.69) is 10.6 Å². The molecule has 0 spiro atoms. The molecule has 0 fully saturated rings. The average molecular weight is 369 g/mol. The first-order valence-corrected chi connectivity index (χ1v) is 9.67. The maximum Gasteiger partial charge on any atom is 0.238 e. The normalized spacial score (nSPS) is 12.1. The summed E-state index contributed by atoms with van der Waals surface area (Å²) in [6.07, 6.45) is 0.514. The fourth-order valence-corrected chi connectivity index (χ4v) is 2.52. The molecule has 8 heteroatoms. The van der Waals surface area contributed by atoms with Crippen molar-refractivity contribution in [3.63, 3.8) is 0 Å². The van der Waals surface area contributed by atoms with Crippen molar-refractivity contribution in [2.45, 2.75) is 39.0 Å². The van der Waals surface area contributed by atoms with Crippen molar-refractivity contribution < 1.29 is 18.0 Å². The van der Waals surface area contributed by atoms with Crippen LogP contribution in [0, 0.1) is 11.3 Å². The van der Waals surface area contributed by atoms with E-state index in [9.17, 15) is 18.0 Å². The van der Waals surface area contributed by atoms with Crippen LogP contribution >= 0.6 is 0 Å². The van der Waals surface area contributed by atoms with Crippen molar-refractivity contribution in [2.24, 2.45) is 16.5 Å². The zero-order chi connectivity index (χ0) is 19.3. The molecule has 25 heavy (non-hydrogen) atoms. The van der Waals surface area contributed by atoms with Crippen LogP contribution in [0.1, 0.15) is 33.3 Å². The lowest BCUT2D eigenvalue weighted by Gasteiger charge is -2.23. The molecule has 1 rings (SSSR count). The quantitative estimate of drug-likeness (QED) is 0.587. The van der Waals surface area contributed by atoms with E-state index >= 15 is 0 Å². The molecule has 0 aliphatic rings. The lowest BCUT2D eigenvalue weighted by molar-refractivity contribution is -0.141. The number of sulfonamides is 1. The highest BCUT2D eigenvalue weighted by atomic mass is 32.2. The number of primary sulfonamides is 1. The summed E-state index contributed by atoms with van der Waals surface area (Å²) in [6.45, 7) is 7.99. The van der Waals surface area contributed by atoms with E-state index in [1.807, 2.05) is 13.8 Å². The Morgan fingerprint density at radius 2 is 1.60 bits per heavy atom. The maximum atomic E-state index is 12.3. The van der Waals surface area contributed by atoms with Gasteiger partial charge in [-0.25, -0.2) is 13.6 Å². The van der Waals surface area contributed by atoms with Crippen LogP contribution in [0.4, 0.5) is 0 Å². The van der Waals surface area contributed by atoms with E-state index in [1.54, 1.807) is 26.0 Å². The molecule has 4 N–H and O–H groups in total. The molecule has 0 aliphatic carbocycles. The van der Waals surface area contributed by atoms with Crippen molar-refractivity contribution in [3.05, 3.63) is 29.8 Å². The van der Waals surface area contributed by atoms with Crippen molar-refractivity contribution in [2.75, 3.05) is 13.1 Å². The Morgan fingerprint density at radius 1 is 1.08 bits per heavy atom. The molecular formula is C17H27N3O4S. The first-order valence-electron chi connectivity index (χ1n) is 8.13. The molecule has 0 unspecified atom stereocenters. The van der Waals surface area contributed by atoms with Gasteiger partial charge in [0.15, 0.2) is 0 Å². The highest BCUT2D eigenvalue weighted by molar-refractivity contribution is 7.89. The molecule has 1 aromatic carbocycles. The minimum Gasteiger partial charge on any atom is -0.355 e. The summed E-state index contributed by atoms with van der Waals surface area (Å²) >= 11 is 0. The summed E-state index contributed by atoms with van der Waals surface area (Å²) in [5.74, 6) is -0.353. The minimum atomic E-state index is -3.71. The Labute approximate surface area is 149 Å². The lowest BCUT2D eigenvalue weighted by atomic mass is 9.90. The summed E-state index contributed by atoms with van der Waals surface area (Å²) in [5, 5.41) is 10.5. The highest BCUT2D eigenvalue weighted by Crippen LogP contribution is 2.16. The first-order chi connectivity index (χ1) is 11.4. The highest BCUT2D eigenvalue weighted by Gasteiger charge is 2.35. The number of hydrogen-bond acceptors (Lipinski definition) is 4. The van der Waals surface area contributed by atoms with Gasteiger partial charge in [0, 0.05) is 13.1 Å². The second kappa shape index (κ2) is 8.44. The summed E-state index contributed by atoms with van der Waals surface area (Å²) < 4.78 is 22.4. The Kier molecular flexibility index (Phi) is 7.13. The molecule has 0 radical (unpaired) electrons. The van der Waals surface area contributed by atoms with Crippen LogP contribution in [0.3, 0.4) is 0 Å². The number of rotatable bonds is 8. The number of amides is 2. The molecule has 0 atom stereocenters. The molecule has 1 aromatic rings. The standard InChI is InChI=1S/C17H27N3O4S/c1-12(2)11-20-16(22)17(3,4)15(21)19-10-9-13-5-7-14(8-6-13)25(18,23)24/h5-8,12H,9-11H2,1-4H3,(H,19,21)(H,20,22)(H2,18,23,24). The van der Waals surface area contributed by atoms with Crippen LogP contribution in [0.15, 0.2) is 29.2 Å². The Hall–Kier alpha value is -1.93. The van der Waals surface area contributed by atoms with Gasteiger partial charge in [-0.15, -0.1) is 0 Å². The van der Waals surface area contributed by atoms with Gasteiger partial charge in [0.25, 0.3) is 0 Å². The lowest BCUT2D eigenvalue weighted by Crippen LogP contribution is -2.48. The number of nitrogens with one attached hydrogen (secondary N) is 2. The predicted molar refractivity (Wildman–Crippen MR) is 96.2 cm³/mol.